The molecule has 25 heavy (non-hydrogen) atoms. The SMILES string of the molecule is CC12CC3CC(C)(CN(C1)C3(C)CSc1c[nH]c3ccccc13)C2=O. The molecule has 6 rings (SSSR count). The predicted octanol–water partition coefficient (Wildman–Crippen LogP) is 4.34. The molecule has 1 aliphatic carbocycles. The molecule has 4 heteroatoms. The van der Waals surface area contributed by atoms with Crippen molar-refractivity contribution < 1.29 is 4.79 Å². The Kier molecular flexibility index (Phi) is 3.14. The monoisotopic (exact) mass is 354 g/mol. The number of aromatic amines is 1. The fraction of sp³-hybridized carbons (Fsp3) is 0.571. The second-order valence-corrected chi connectivity index (χ2v) is 10.3. The molecule has 4 heterocycles. The summed E-state index contributed by atoms with van der Waals surface area (Å²) in [5.74, 6) is 2.25. The first-order valence-electron chi connectivity index (χ1n) is 9.33. The maximum atomic E-state index is 12.9. The molecule has 2 aromatic rings. The Morgan fingerprint density at radius 1 is 1.16 bits per heavy atom. The number of fused-ring (bicyclic) bond motifs is 1. The molecule has 3 saturated heterocycles. The number of para-hydroxylation sites is 1. The fourth-order valence-electron chi connectivity index (χ4n) is 5.90. The molecule has 3 nitrogen and oxygen atoms in total. The Bertz CT molecular complexity index is 830. The van der Waals surface area contributed by atoms with Gasteiger partial charge in [-0.1, -0.05) is 32.0 Å². The van der Waals surface area contributed by atoms with Crippen LogP contribution in [0.3, 0.4) is 0 Å². The van der Waals surface area contributed by atoms with Crippen molar-refractivity contribution in [1.82, 2.24) is 9.88 Å². The van der Waals surface area contributed by atoms with Crippen molar-refractivity contribution >= 4 is 28.4 Å². The number of benzene rings is 1. The number of piperidine rings is 3. The minimum atomic E-state index is -0.110. The Balaban J connectivity index is 1.43. The summed E-state index contributed by atoms with van der Waals surface area (Å²) in [5.41, 5.74) is 1.19. The van der Waals surface area contributed by atoms with Crippen LogP contribution in [0.25, 0.3) is 10.9 Å². The van der Waals surface area contributed by atoms with Gasteiger partial charge in [0.1, 0.15) is 5.78 Å². The highest BCUT2D eigenvalue weighted by Crippen LogP contribution is 2.60. The number of hydrogen-bond donors (Lipinski definition) is 1. The molecule has 1 N–H and O–H groups in total. The summed E-state index contributed by atoms with van der Waals surface area (Å²) in [6.45, 7) is 8.75. The molecule has 1 aromatic carbocycles. The Morgan fingerprint density at radius 3 is 2.52 bits per heavy atom. The van der Waals surface area contributed by atoms with Crippen LogP contribution in [0.15, 0.2) is 35.4 Å². The molecule has 1 saturated carbocycles. The smallest absolute Gasteiger partial charge is 0.147 e. The number of nitrogens with one attached hydrogen (secondary N) is 1. The third-order valence-corrected chi connectivity index (χ3v) is 8.62. The Labute approximate surface area is 153 Å². The first-order chi connectivity index (χ1) is 11.8. The van der Waals surface area contributed by atoms with Crippen LogP contribution in [0.1, 0.15) is 33.6 Å². The van der Waals surface area contributed by atoms with Gasteiger partial charge in [-0.15, -0.1) is 11.8 Å². The van der Waals surface area contributed by atoms with Crippen LogP contribution in [-0.4, -0.2) is 40.0 Å². The summed E-state index contributed by atoms with van der Waals surface area (Å²) < 4.78 is 0. The lowest BCUT2D eigenvalue weighted by atomic mass is 9.49. The van der Waals surface area contributed by atoms with E-state index in [1.165, 1.54) is 15.8 Å². The van der Waals surface area contributed by atoms with E-state index in [0.717, 1.165) is 31.7 Å². The summed E-state index contributed by atoms with van der Waals surface area (Å²) >= 11 is 1.98. The van der Waals surface area contributed by atoms with Crippen molar-refractivity contribution in [3.8, 4) is 0 Å². The molecule has 1 aromatic heterocycles. The molecular formula is C21H26N2OS. The van der Waals surface area contributed by atoms with E-state index in [2.05, 4.69) is 61.1 Å². The summed E-state index contributed by atoms with van der Waals surface area (Å²) in [7, 11) is 0. The molecule has 3 unspecified atom stereocenters. The van der Waals surface area contributed by atoms with Crippen LogP contribution in [0.4, 0.5) is 0 Å². The van der Waals surface area contributed by atoms with E-state index >= 15 is 0 Å². The van der Waals surface area contributed by atoms with E-state index < -0.39 is 0 Å². The topological polar surface area (TPSA) is 36.1 Å². The number of carbonyl (C=O) groups excluding carboxylic acids is 1. The minimum absolute atomic E-state index is 0.110. The van der Waals surface area contributed by atoms with Gasteiger partial charge in [-0.25, -0.2) is 0 Å². The number of thioether (sulfide) groups is 1. The highest BCUT2D eigenvalue weighted by Gasteiger charge is 2.65. The number of aromatic nitrogens is 1. The van der Waals surface area contributed by atoms with Crippen molar-refractivity contribution in [2.45, 2.75) is 44.0 Å². The highest BCUT2D eigenvalue weighted by molar-refractivity contribution is 7.99. The third kappa shape index (κ3) is 2.07. The Morgan fingerprint density at radius 2 is 1.84 bits per heavy atom. The predicted molar refractivity (Wildman–Crippen MR) is 103 cm³/mol. The standard InChI is InChI=1S/C21H26N2OS/c1-19-8-14-9-20(2,18(19)24)12-23(11-19)21(14,3)13-25-17-10-22-16-7-5-4-6-15(16)17/h4-7,10,14,22H,8-9,11-13H2,1-3H3. The number of rotatable bonds is 3. The van der Waals surface area contributed by atoms with Gasteiger partial charge in [-0.05, 0) is 31.7 Å². The van der Waals surface area contributed by atoms with E-state index in [9.17, 15) is 4.79 Å². The van der Waals surface area contributed by atoms with Gasteiger partial charge >= 0.3 is 0 Å². The van der Waals surface area contributed by atoms with Crippen LogP contribution < -0.4 is 0 Å². The third-order valence-electron chi connectivity index (χ3n) is 7.24. The largest absolute Gasteiger partial charge is 0.360 e. The first-order valence-corrected chi connectivity index (χ1v) is 10.3. The number of nitrogens with zero attached hydrogens (tertiary/aromatic N) is 1. The first kappa shape index (κ1) is 16.0. The average molecular weight is 355 g/mol. The van der Waals surface area contributed by atoms with Crippen molar-refractivity contribution in [2.75, 3.05) is 18.8 Å². The maximum Gasteiger partial charge on any atom is 0.147 e. The van der Waals surface area contributed by atoms with Crippen LogP contribution in [-0.2, 0) is 4.79 Å². The van der Waals surface area contributed by atoms with Crippen molar-refractivity contribution in [1.29, 1.82) is 0 Å². The number of carbonyl (C=O) groups is 1. The van der Waals surface area contributed by atoms with Gasteiger partial charge < -0.3 is 4.98 Å². The molecular weight excluding hydrogens is 328 g/mol. The number of Topliss-reactive ketones (excluding diaryl/α,β-unsaturated/α-hetero) is 1. The van der Waals surface area contributed by atoms with Gasteiger partial charge in [0.25, 0.3) is 0 Å². The molecule has 3 atom stereocenters. The molecule has 0 amide bonds. The van der Waals surface area contributed by atoms with Crippen molar-refractivity contribution in [3.63, 3.8) is 0 Å². The van der Waals surface area contributed by atoms with Crippen molar-refractivity contribution in [2.24, 2.45) is 16.7 Å². The van der Waals surface area contributed by atoms with E-state index in [-0.39, 0.29) is 16.4 Å². The van der Waals surface area contributed by atoms with Crippen LogP contribution in [0, 0.1) is 16.7 Å². The van der Waals surface area contributed by atoms with Crippen LogP contribution in [0.2, 0.25) is 0 Å². The number of H-pyrrole nitrogens is 1. The zero-order valence-electron chi connectivity index (χ0n) is 15.3. The van der Waals surface area contributed by atoms with E-state index in [1.807, 2.05) is 11.8 Å². The van der Waals surface area contributed by atoms with Gasteiger partial charge in [0.05, 0.1) is 0 Å². The minimum Gasteiger partial charge on any atom is -0.360 e. The van der Waals surface area contributed by atoms with Gasteiger partial charge in [-0.3, -0.25) is 9.69 Å². The average Bonchev–Trinajstić information content (AvgIpc) is 2.98. The Hall–Kier alpha value is -1.26. The van der Waals surface area contributed by atoms with E-state index in [4.69, 9.17) is 0 Å². The zero-order valence-corrected chi connectivity index (χ0v) is 16.1. The molecule has 132 valence electrons. The van der Waals surface area contributed by atoms with Gasteiger partial charge in [0.15, 0.2) is 0 Å². The quantitative estimate of drug-likeness (QED) is 0.833. The summed E-state index contributed by atoms with van der Waals surface area (Å²) in [6.07, 6.45) is 4.29. The summed E-state index contributed by atoms with van der Waals surface area (Å²) in [5, 5.41) is 1.32. The van der Waals surface area contributed by atoms with Crippen molar-refractivity contribution in [3.05, 3.63) is 30.5 Å². The fourth-order valence-corrected chi connectivity index (χ4v) is 7.24. The highest BCUT2D eigenvalue weighted by atomic mass is 32.2. The second-order valence-electron chi connectivity index (χ2n) is 9.26. The molecule has 4 fully saturated rings. The lowest BCUT2D eigenvalue weighted by Gasteiger charge is -2.67. The summed E-state index contributed by atoms with van der Waals surface area (Å²) in [4.78, 5) is 20.3. The lowest BCUT2D eigenvalue weighted by Crippen LogP contribution is -2.75. The molecule has 4 bridgehead atoms. The van der Waals surface area contributed by atoms with Crippen LogP contribution in [0.5, 0.6) is 0 Å². The van der Waals surface area contributed by atoms with Gasteiger partial charge in [-0.2, -0.15) is 0 Å². The summed E-state index contributed by atoms with van der Waals surface area (Å²) in [6, 6.07) is 8.54. The number of hydrogen-bond acceptors (Lipinski definition) is 3. The number of ketones is 1. The maximum absolute atomic E-state index is 12.9. The van der Waals surface area contributed by atoms with E-state index in [0.29, 0.717) is 11.7 Å². The second kappa shape index (κ2) is 4.92. The molecule has 3 aliphatic heterocycles. The van der Waals surface area contributed by atoms with Gasteiger partial charge in [0, 0.05) is 57.2 Å². The molecule has 4 aliphatic rings. The van der Waals surface area contributed by atoms with Gasteiger partial charge in [0.2, 0.25) is 0 Å². The normalized spacial score (nSPS) is 42.4. The molecule has 0 spiro atoms. The lowest BCUT2D eigenvalue weighted by molar-refractivity contribution is -0.189. The van der Waals surface area contributed by atoms with Crippen LogP contribution >= 0.6 is 11.8 Å². The zero-order chi connectivity index (χ0) is 17.4. The van der Waals surface area contributed by atoms with E-state index in [1.54, 1.807) is 0 Å². The molecule has 0 radical (unpaired) electrons.